The van der Waals surface area contributed by atoms with Crippen LogP contribution in [-0.4, -0.2) is 23.7 Å². The van der Waals surface area contributed by atoms with Crippen LogP contribution in [0.5, 0.6) is 11.5 Å². The first-order chi connectivity index (χ1) is 14.5. The zero-order valence-corrected chi connectivity index (χ0v) is 17.4. The molecule has 1 aliphatic heterocycles. The van der Waals surface area contributed by atoms with E-state index in [2.05, 4.69) is 20.9 Å². The van der Waals surface area contributed by atoms with Crippen molar-refractivity contribution < 1.29 is 19.1 Å². The predicted molar refractivity (Wildman–Crippen MR) is 115 cm³/mol. The summed E-state index contributed by atoms with van der Waals surface area (Å²) in [7, 11) is 0. The van der Waals surface area contributed by atoms with Crippen LogP contribution < -0.4 is 25.4 Å². The summed E-state index contributed by atoms with van der Waals surface area (Å²) in [4.78, 5) is 29.4. The van der Waals surface area contributed by atoms with Crippen LogP contribution in [0.15, 0.2) is 42.5 Å². The van der Waals surface area contributed by atoms with E-state index in [1.165, 1.54) is 0 Å². The number of halogens is 1. The third-order valence-electron chi connectivity index (χ3n) is 4.20. The predicted octanol–water partition coefficient (Wildman–Crippen LogP) is 4.41. The standard InChI is InChI=1S/C20H17ClN4O4S/c1-11-17(18(26)22-9-12-5-6-15-16(7-12)29-10-28-15)30-20(23-11)25-19(27)24-14-4-2-3-13(21)8-14/h2-8H,9-10H2,1H3,(H,22,26)(H2,23,24,25,27). The molecule has 1 aromatic heterocycles. The smallest absolute Gasteiger partial charge is 0.325 e. The first-order valence-electron chi connectivity index (χ1n) is 8.95. The second-order valence-electron chi connectivity index (χ2n) is 6.39. The summed E-state index contributed by atoms with van der Waals surface area (Å²) in [5, 5.41) is 8.98. The van der Waals surface area contributed by atoms with Crippen molar-refractivity contribution in [2.24, 2.45) is 0 Å². The Hall–Kier alpha value is -3.30. The molecule has 0 atom stereocenters. The molecule has 2 heterocycles. The Bertz CT molecular complexity index is 1120. The number of nitrogens with zero attached hydrogens (tertiary/aromatic N) is 1. The lowest BCUT2D eigenvalue weighted by molar-refractivity contribution is 0.0954. The molecule has 1 aliphatic rings. The van der Waals surface area contributed by atoms with Crippen molar-refractivity contribution in [1.29, 1.82) is 0 Å². The molecule has 0 bridgehead atoms. The third kappa shape index (κ3) is 4.64. The number of nitrogens with one attached hydrogen (secondary N) is 3. The van der Waals surface area contributed by atoms with Crippen LogP contribution in [0.2, 0.25) is 5.02 Å². The lowest BCUT2D eigenvalue weighted by atomic mass is 10.2. The maximum atomic E-state index is 12.6. The van der Waals surface area contributed by atoms with Crippen molar-refractivity contribution in [3.05, 3.63) is 63.6 Å². The minimum atomic E-state index is -0.474. The van der Waals surface area contributed by atoms with E-state index in [1.807, 2.05) is 18.2 Å². The van der Waals surface area contributed by atoms with Gasteiger partial charge in [-0.1, -0.05) is 35.1 Å². The Kier molecular flexibility index (Phi) is 5.73. The van der Waals surface area contributed by atoms with E-state index in [0.717, 1.165) is 16.9 Å². The first-order valence-corrected chi connectivity index (χ1v) is 10.1. The Morgan fingerprint density at radius 3 is 2.80 bits per heavy atom. The highest BCUT2D eigenvalue weighted by molar-refractivity contribution is 7.17. The molecule has 3 amide bonds. The van der Waals surface area contributed by atoms with Gasteiger partial charge in [0.2, 0.25) is 6.79 Å². The van der Waals surface area contributed by atoms with Gasteiger partial charge in [-0.05, 0) is 42.8 Å². The number of fused-ring (bicyclic) bond motifs is 1. The Balaban J connectivity index is 1.35. The maximum absolute atomic E-state index is 12.6. The highest BCUT2D eigenvalue weighted by Gasteiger charge is 2.18. The number of carbonyl (C=O) groups is 2. The summed E-state index contributed by atoms with van der Waals surface area (Å²) in [6.07, 6.45) is 0. The molecule has 3 N–H and O–H groups in total. The van der Waals surface area contributed by atoms with Crippen LogP contribution in [0.4, 0.5) is 15.6 Å². The van der Waals surface area contributed by atoms with Crippen molar-refractivity contribution in [3.8, 4) is 11.5 Å². The van der Waals surface area contributed by atoms with E-state index in [9.17, 15) is 9.59 Å². The number of hydrogen-bond acceptors (Lipinski definition) is 6. The Morgan fingerprint density at radius 1 is 1.13 bits per heavy atom. The minimum absolute atomic E-state index is 0.200. The van der Waals surface area contributed by atoms with Gasteiger partial charge in [0.25, 0.3) is 5.91 Å². The summed E-state index contributed by atoms with van der Waals surface area (Å²) in [5.41, 5.74) is 1.96. The SMILES string of the molecule is Cc1nc(NC(=O)Nc2cccc(Cl)c2)sc1C(=O)NCc1ccc2c(c1)OCO2. The molecule has 2 aromatic carbocycles. The molecule has 0 saturated heterocycles. The molecule has 0 radical (unpaired) electrons. The second-order valence-corrected chi connectivity index (χ2v) is 7.83. The van der Waals surface area contributed by atoms with Crippen molar-refractivity contribution in [2.45, 2.75) is 13.5 Å². The van der Waals surface area contributed by atoms with Gasteiger partial charge in [-0.15, -0.1) is 0 Å². The summed E-state index contributed by atoms with van der Waals surface area (Å²) < 4.78 is 10.6. The van der Waals surface area contributed by atoms with Crippen LogP contribution in [0.1, 0.15) is 20.9 Å². The fourth-order valence-electron chi connectivity index (χ4n) is 2.80. The van der Waals surface area contributed by atoms with Gasteiger partial charge in [0.1, 0.15) is 4.88 Å². The zero-order valence-electron chi connectivity index (χ0n) is 15.8. The van der Waals surface area contributed by atoms with E-state index < -0.39 is 6.03 Å². The van der Waals surface area contributed by atoms with Crippen LogP contribution in [0.3, 0.4) is 0 Å². The number of aromatic nitrogens is 1. The van der Waals surface area contributed by atoms with Crippen molar-refractivity contribution in [1.82, 2.24) is 10.3 Å². The van der Waals surface area contributed by atoms with Gasteiger partial charge in [0.15, 0.2) is 16.6 Å². The van der Waals surface area contributed by atoms with Gasteiger partial charge in [-0.2, -0.15) is 0 Å². The number of rotatable bonds is 5. The van der Waals surface area contributed by atoms with Crippen LogP contribution >= 0.6 is 22.9 Å². The topological polar surface area (TPSA) is 102 Å². The highest BCUT2D eigenvalue weighted by atomic mass is 35.5. The number of urea groups is 1. The molecule has 3 aromatic rings. The monoisotopic (exact) mass is 444 g/mol. The Morgan fingerprint density at radius 2 is 1.97 bits per heavy atom. The molecular weight excluding hydrogens is 428 g/mol. The summed E-state index contributed by atoms with van der Waals surface area (Å²) in [6, 6.07) is 11.8. The molecule has 4 rings (SSSR count). The lowest BCUT2D eigenvalue weighted by Gasteiger charge is -2.06. The van der Waals surface area contributed by atoms with Crippen molar-refractivity contribution >= 4 is 45.7 Å². The molecule has 0 spiro atoms. The van der Waals surface area contributed by atoms with Gasteiger partial charge in [-0.25, -0.2) is 9.78 Å². The Labute approximate surface area is 181 Å². The van der Waals surface area contributed by atoms with Gasteiger partial charge >= 0.3 is 6.03 Å². The number of benzene rings is 2. The number of hydrogen-bond donors (Lipinski definition) is 3. The molecule has 30 heavy (non-hydrogen) atoms. The van der Waals surface area contributed by atoms with Crippen molar-refractivity contribution in [2.75, 3.05) is 17.4 Å². The van der Waals surface area contributed by atoms with E-state index in [4.69, 9.17) is 21.1 Å². The lowest BCUT2D eigenvalue weighted by Crippen LogP contribution is -2.22. The van der Waals surface area contributed by atoms with Gasteiger partial charge in [0.05, 0.1) is 5.69 Å². The van der Waals surface area contributed by atoms with Gasteiger partial charge in [-0.3, -0.25) is 10.1 Å². The van der Waals surface area contributed by atoms with E-state index in [0.29, 0.717) is 44.5 Å². The van der Waals surface area contributed by atoms with Gasteiger partial charge in [0, 0.05) is 17.3 Å². The number of aryl methyl sites for hydroxylation is 1. The van der Waals surface area contributed by atoms with E-state index >= 15 is 0 Å². The van der Waals surface area contributed by atoms with Crippen molar-refractivity contribution in [3.63, 3.8) is 0 Å². The molecule has 0 saturated carbocycles. The van der Waals surface area contributed by atoms with Crippen LogP contribution in [0.25, 0.3) is 0 Å². The largest absolute Gasteiger partial charge is 0.454 e. The molecule has 154 valence electrons. The molecule has 0 fully saturated rings. The molecule has 10 heteroatoms. The fraction of sp³-hybridized carbons (Fsp3) is 0.150. The average molecular weight is 445 g/mol. The number of anilines is 2. The second kappa shape index (κ2) is 8.60. The maximum Gasteiger partial charge on any atom is 0.325 e. The van der Waals surface area contributed by atoms with E-state index in [1.54, 1.807) is 31.2 Å². The molecular formula is C20H17ClN4O4S. The quantitative estimate of drug-likeness (QED) is 0.541. The zero-order chi connectivity index (χ0) is 21.1. The number of thiazole rings is 1. The summed E-state index contributed by atoms with van der Waals surface area (Å²) >= 11 is 7.01. The average Bonchev–Trinajstić information content (AvgIpc) is 3.31. The molecule has 8 nitrogen and oxygen atoms in total. The normalized spacial score (nSPS) is 11.8. The van der Waals surface area contributed by atoms with Crippen LogP contribution in [-0.2, 0) is 6.54 Å². The number of carbonyl (C=O) groups excluding carboxylic acids is 2. The fourth-order valence-corrected chi connectivity index (χ4v) is 3.87. The third-order valence-corrected chi connectivity index (χ3v) is 5.50. The van der Waals surface area contributed by atoms with Gasteiger partial charge < -0.3 is 20.1 Å². The first kappa shape index (κ1) is 20.0. The molecule has 0 unspecified atom stereocenters. The summed E-state index contributed by atoms with van der Waals surface area (Å²) in [6.45, 7) is 2.24. The van der Waals surface area contributed by atoms with Crippen LogP contribution in [0, 0.1) is 6.92 Å². The number of amides is 3. The number of ether oxygens (including phenoxy) is 2. The summed E-state index contributed by atoms with van der Waals surface area (Å²) in [5.74, 6) is 1.08. The molecule has 0 aliphatic carbocycles. The minimum Gasteiger partial charge on any atom is -0.454 e. The van der Waals surface area contributed by atoms with E-state index in [-0.39, 0.29) is 12.7 Å². The highest BCUT2D eigenvalue weighted by Crippen LogP contribution is 2.32.